The molecule has 0 saturated heterocycles. The van der Waals surface area contributed by atoms with Crippen molar-refractivity contribution in [2.45, 2.75) is 12.7 Å². The van der Waals surface area contributed by atoms with Gasteiger partial charge in [-0.1, -0.05) is 23.2 Å². The summed E-state index contributed by atoms with van der Waals surface area (Å²) in [5.41, 5.74) is -0.507. The van der Waals surface area contributed by atoms with Crippen LogP contribution in [0.3, 0.4) is 0 Å². The standard InChI is InChI=1S/C9H6Cl2F2O4/c10-3-1-2-4(11)7(17-9(12)13)5(3)6(14)8(15)16/h1-2,6,9,14H,(H,15,16)/t6-/m0/s1. The number of carboxylic acid groups (broad SMARTS) is 1. The Kier molecular flexibility index (Phi) is 4.50. The zero-order valence-corrected chi connectivity index (χ0v) is 9.54. The van der Waals surface area contributed by atoms with Gasteiger partial charge in [-0.3, -0.25) is 0 Å². The first-order valence-electron chi connectivity index (χ1n) is 4.18. The van der Waals surface area contributed by atoms with Gasteiger partial charge in [0.05, 0.1) is 15.6 Å². The number of carbonyl (C=O) groups is 1. The van der Waals surface area contributed by atoms with Crippen LogP contribution in [0.1, 0.15) is 11.7 Å². The van der Waals surface area contributed by atoms with E-state index in [1.54, 1.807) is 0 Å². The summed E-state index contributed by atoms with van der Waals surface area (Å²) in [5.74, 6) is -2.31. The van der Waals surface area contributed by atoms with Crippen molar-refractivity contribution in [1.29, 1.82) is 0 Å². The third kappa shape index (κ3) is 3.18. The number of benzene rings is 1. The number of rotatable bonds is 4. The Morgan fingerprint density at radius 1 is 1.29 bits per heavy atom. The van der Waals surface area contributed by atoms with Crippen molar-refractivity contribution in [3.05, 3.63) is 27.7 Å². The fourth-order valence-electron chi connectivity index (χ4n) is 1.14. The molecule has 1 aromatic carbocycles. The van der Waals surface area contributed by atoms with Gasteiger partial charge < -0.3 is 14.9 Å². The maximum atomic E-state index is 12.1. The lowest BCUT2D eigenvalue weighted by atomic mass is 10.1. The van der Waals surface area contributed by atoms with Crippen molar-refractivity contribution in [2.24, 2.45) is 0 Å². The molecule has 0 aliphatic heterocycles. The first kappa shape index (κ1) is 14.0. The lowest BCUT2D eigenvalue weighted by molar-refractivity contribution is -0.147. The number of hydrogen-bond acceptors (Lipinski definition) is 3. The molecule has 8 heteroatoms. The summed E-state index contributed by atoms with van der Waals surface area (Å²) < 4.78 is 28.3. The number of carboxylic acids is 1. The number of aliphatic hydroxyl groups excluding tert-OH is 1. The van der Waals surface area contributed by atoms with E-state index in [0.29, 0.717) is 0 Å². The highest BCUT2D eigenvalue weighted by Crippen LogP contribution is 2.39. The molecule has 0 aliphatic carbocycles. The molecule has 1 rings (SSSR count). The minimum absolute atomic E-state index is 0.236. The van der Waals surface area contributed by atoms with E-state index < -0.39 is 30.0 Å². The van der Waals surface area contributed by atoms with E-state index in [0.717, 1.165) is 6.07 Å². The van der Waals surface area contributed by atoms with Crippen LogP contribution in [0.25, 0.3) is 0 Å². The lowest BCUT2D eigenvalue weighted by Gasteiger charge is -2.15. The summed E-state index contributed by atoms with van der Waals surface area (Å²) in [6, 6.07) is 2.32. The number of aliphatic carboxylic acids is 1. The summed E-state index contributed by atoms with van der Waals surface area (Å²) in [6.45, 7) is -3.22. The Bertz CT molecular complexity index is 439. The van der Waals surface area contributed by atoms with Gasteiger partial charge in [0.1, 0.15) is 0 Å². The third-order valence-electron chi connectivity index (χ3n) is 1.81. The summed E-state index contributed by atoms with van der Waals surface area (Å²) in [6.07, 6.45) is -2.10. The molecule has 17 heavy (non-hydrogen) atoms. The highest BCUT2D eigenvalue weighted by molar-refractivity contribution is 6.35. The molecular weight excluding hydrogens is 281 g/mol. The summed E-state index contributed by atoms with van der Waals surface area (Å²) in [5, 5.41) is 17.4. The van der Waals surface area contributed by atoms with Gasteiger partial charge in [0.2, 0.25) is 0 Å². The molecule has 0 spiro atoms. The highest BCUT2D eigenvalue weighted by Gasteiger charge is 2.27. The minimum Gasteiger partial charge on any atom is -0.479 e. The molecule has 2 N–H and O–H groups in total. The molecule has 0 bridgehead atoms. The van der Waals surface area contributed by atoms with Crippen molar-refractivity contribution in [2.75, 3.05) is 0 Å². The van der Waals surface area contributed by atoms with E-state index >= 15 is 0 Å². The van der Waals surface area contributed by atoms with Crippen LogP contribution in [0.15, 0.2) is 12.1 Å². The quantitative estimate of drug-likeness (QED) is 0.893. The minimum atomic E-state index is -3.22. The summed E-state index contributed by atoms with van der Waals surface area (Å²) in [4.78, 5) is 10.6. The topological polar surface area (TPSA) is 66.8 Å². The van der Waals surface area contributed by atoms with E-state index in [-0.39, 0.29) is 10.0 Å². The molecule has 0 radical (unpaired) electrons. The first-order chi connectivity index (χ1) is 7.84. The van der Waals surface area contributed by atoms with E-state index in [1.807, 2.05) is 0 Å². The molecule has 1 atom stereocenters. The Morgan fingerprint density at radius 2 is 1.82 bits per heavy atom. The number of halogens is 4. The van der Waals surface area contributed by atoms with Crippen molar-refractivity contribution in [1.82, 2.24) is 0 Å². The second kappa shape index (κ2) is 5.48. The van der Waals surface area contributed by atoms with Crippen LogP contribution in [0.4, 0.5) is 8.78 Å². The van der Waals surface area contributed by atoms with Crippen molar-refractivity contribution >= 4 is 29.2 Å². The zero-order valence-electron chi connectivity index (χ0n) is 8.03. The normalized spacial score (nSPS) is 12.6. The average molecular weight is 287 g/mol. The second-order valence-electron chi connectivity index (χ2n) is 2.89. The molecule has 1 aromatic rings. The molecule has 0 fully saturated rings. The smallest absolute Gasteiger partial charge is 0.387 e. The zero-order chi connectivity index (χ0) is 13.2. The van der Waals surface area contributed by atoms with Crippen LogP contribution in [-0.4, -0.2) is 22.8 Å². The predicted octanol–water partition coefficient (Wildman–Crippen LogP) is 2.71. The van der Waals surface area contributed by atoms with Crippen LogP contribution < -0.4 is 4.74 Å². The van der Waals surface area contributed by atoms with Crippen molar-refractivity contribution in [3.8, 4) is 5.75 Å². The van der Waals surface area contributed by atoms with Gasteiger partial charge in [0.25, 0.3) is 0 Å². The molecule has 0 unspecified atom stereocenters. The van der Waals surface area contributed by atoms with Crippen molar-refractivity contribution < 1.29 is 28.5 Å². The van der Waals surface area contributed by atoms with Crippen LogP contribution >= 0.6 is 23.2 Å². The fourth-order valence-corrected chi connectivity index (χ4v) is 1.60. The van der Waals surface area contributed by atoms with E-state index in [9.17, 15) is 18.7 Å². The maximum Gasteiger partial charge on any atom is 0.387 e. The molecule has 0 aliphatic rings. The highest BCUT2D eigenvalue weighted by atomic mass is 35.5. The number of alkyl halides is 2. The van der Waals surface area contributed by atoms with E-state index in [1.165, 1.54) is 6.07 Å². The van der Waals surface area contributed by atoms with Gasteiger partial charge in [0, 0.05) is 0 Å². The molecule has 0 heterocycles. The van der Waals surface area contributed by atoms with Gasteiger partial charge in [0.15, 0.2) is 11.9 Å². The molecular formula is C9H6Cl2F2O4. The monoisotopic (exact) mass is 286 g/mol. The predicted molar refractivity (Wildman–Crippen MR) is 55.7 cm³/mol. The SMILES string of the molecule is O=C(O)[C@@H](O)c1c(Cl)ccc(Cl)c1OC(F)F. The number of hydrogen-bond donors (Lipinski definition) is 2. The average Bonchev–Trinajstić information content (AvgIpc) is 2.22. The molecule has 0 amide bonds. The number of aliphatic hydroxyl groups is 1. The second-order valence-corrected chi connectivity index (χ2v) is 3.71. The molecule has 4 nitrogen and oxygen atoms in total. The largest absolute Gasteiger partial charge is 0.479 e. The van der Waals surface area contributed by atoms with Gasteiger partial charge in [-0.25, -0.2) is 4.79 Å². The van der Waals surface area contributed by atoms with Gasteiger partial charge in [-0.2, -0.15) is 8.78 Å². The molecule has 0 aromatic heterocycles. The molecule has 94 valence electrons. The van der Waals surface area contributed by atoms with Crippen molar-refractivity contribution in [3.63, 3.8) is 0 Å². The first-order valence-corrected chi connectivity index (χ1v) is 4.93. The molecule has 0 saturated carbocycles. The van der Waals surface area contributed by atoms with Crippen LogP contribution in [0, 0.1) is 0 Å². The fraction of sp³-hybridized carbons (Fsp3) is 0.222. The Morgan fingerprint density at radius 3 is 2.29 bits per heavy atom. The van der Waals surface area contributed by atoms with Crippen LogP contribution in [0.2, 0.25) is 10.0 Å². The van der Waals surface area contributed by atoms with Gasteiger partial charge >= 0.3 is 12.6 Å². The van der Waals surface area contributed by atoms with E-state index in [2.05, 4.69) is 4.74 Å². The summed E-state index contributed by atoms with van der Waals surface area (Å²) in [7, 11) is 0. The van der Waals surface area contributed by atoms with Crippen LogP contribution in [0.5, 0.6) is 5.75 Å². The Balaban J connectivity index is 3.34. The number of ether oxygens (including phenoxy) is 1. The Labute approximate surface area is 104 Å². The lowest BCUT2D eigenvalue weighted by Crippen LogP contribution is -2.14. The third-order valence-corrected chi connectivity index (χ3v) is 2.44. The Hall–Kier alpha value is -1.11. The maximum absolute atomic E-state index is 12.1. The summed E-state index contributed by atoms with van der Waals surface area (Å²) >= 11 is 11.2. The van der Waals surface area contributed by atoms with Gasteiger partial charge in [-0.15, -0.1) is 0 Å². The van der Waals surface area contributed by atoms with Crippen LogP contribution in [-0.2, 0) is 4.79 Å². The van der Waals surface area contributed by atoms with E-state index in [4.69, 9.17) is 28.3 Å². The van der Waals surface area contributed by atoms with Gasteiger partial charge in [-0.05, 0) is 12.1 Å².